The van der Waals surface area contributed by atoms with Crippen LogP contribution >= 0.6 is 0 Å². The van der Waals surface area contributed by atoms with Crippen molar-refractivity contribution >= 4 is 21.8 Å². The zero-order valence-corrected chi connectivity index (χ0v) is 11.3. The molecule has 1 aromatic heterocycles. The fourth-order valence-corrected chi connectivity index (χ4v) is 2.77. The molecule has 1 heteroatoms. The first kappa shape index (κ1) is 11.3. The number of nitrogens with zero attached hydrogens (tertiary/aromatic N) is 1. The van der Waals surface area contributed by atoms with Crippen molar-refractivity contribution in [3.8, 4) is 0 Å². The van der Waals surface area contributed by atoms with E-state index in [1.165, 1.54) is 27.4 Å². The lowest BCUT2D eigenvalue weighted by molar-refractivity contribution is 0.825. The highest BCUT2D eigenvalue weighted by molar-refractivity contribution is 6.08. The summed E-state index contributed by atoms with van der Waals surface area (Å²) in [6, 6.07) is 15.6. The van der Waals surface area contributed by atoms with Crippen LogP contribution in [0.5, 0.6) is 0 Å². The minimum atomic E-state index is 0.582. The van der Waals surface area contributed by atoms with Crippen molar-refractivity contribution in [3.05, 3.63) is 48.0 Å². The molecule has 0 aliphatic carbocycles. The molecule has 0 aliphatic rings. The number of aryl methyl sites for hydroxylation is 1. The van der Waals surface area contributed by atoms with Crippen LogP contribution in [0.1, 0.15) is 32.3 Å². The van der Waals surface area contributed by atoms with Crippen LogP contribution in [-0.4, -0.2) is 4.57 Å². The van der Waals surface area contributed by atoms with Gasteiger partial charge in [-0.3, -0.25) is 0 Å². The molecule has 0 fully saturated rings. The van der Waals surface area contributed by atoms with Crippen LogP contribution in [0, 0.1) is 0 Å². The van der Waals surface area contributed by atoms with Crippen LogP contribution in [0.3, 0.4) is 0 Å². The van der Waals surface area contributed by atoms with Crippen LogP contribution < -0.4 is 0 Å². The fourth-order valence-electron chi connectivity index (χ4n) is 2.77. The second kappa shape index (κ2) is 4.16. The molecule has 1 nitrogen and oxygen atoms in total. The molecular weight excluding hydrogens is 218 g/mol. The summed E-state index contributed by atoms with van der Waals surface area (Å²) in [5.74, 6) is 0.582. The lowest BCUT2D eigenvalue weighted by Gasteiger charge is -2.06. The summed E-state index contributed by atoms with van der Waals surface area (Å²) in [4.78, 5) is 0. The number of hydrogen-bond acceptors (Lipinski definition) is 0. The molecule has 0 unspecified atom stereocenters. The normalized spacial score (nSPS) is 11.8. The molecule has 18 heavy (non-hydrogen) atoms. The van der Waals surface area contributed by atoms with Gasteiger partial charge in [0, 0.05) is 28.4 Å². The molecule has 0 bridgehead atoms. The van der Waals surface area contributed by atoms with Crippen molar-refractivity contribution in [1.29, 1.82) is 0 Å². The third-order valence-electron chi connectivity index (χ3n) is 3.78. The van der Waals surface area contributed by atoms with E-state index in [2.05, 4.69) is 67.8 Å². The standard InChI is InChI=1S/C17H19N/c1-4-18-16-8-6-5-7-14(16)15-11-13(12(2)3)9-10-17(15)18/h5-12H,4H2,1-3H3. The average Bonchev–Trinajstić information content (AvgIpc) is 2.71. The summed E-state index contributed by atoms with van der Waals surface area (Å²) in [5, 5.41) is 2.76. The SMILES string of the molecule is CCn1c2ccccc2c2cc(C(C)C)ccc21. The molecule has 92 valence electrons. The number of rotatable bonds is 2. The van der Waals surface area contributed by atoms with Crippen molar-refractivity contribution < 1.29 is 0 Å². The third-order valence-corrected chi connectivity index (χ3v) is 3.78. The Kier molecular flexibility index (Phi) is 2.62. The first-order valence-corrected chi connectivity index (χ1v) is 6.73. The van der Waals surface area contributed by atoms with Crippen LogP contribution in [0.4, 0.5) is 0 Å². The molecule has 0 atom stereocenters. The Bertz CT molecular complexity index is 704. The number of aromatic nitrogens is 1. The van der Waals surface area contributed by atoms with Gasteiger partial charge in [0.2, 0.25) is 0 Å². The minimum absolute atomic E-state index is 0.582. The second-order valence-corrected chi connectivity index (χ2v) is 5.19. The summed E-state index contributed by atoms with van der Waals surface area (Å²) in [7, 11) is 0. The Morgan fingerprint density at radius 1 is 0.944 bits per heavy atom. The molecule has 0 N–H and O–H groups in total. The minimum Gasteiger partial charge on any atom is -0.341 e. The second-order valence-electron chi connectivity index (χ2n) is 5.19. The zero-order chi connectivity index (χ0) is 12.7. The quantitative estimate of drug-likeness (QED) is 0.595. The van der Waals surface area contributed by atoms with Crippen LogP contribution in [0.15, 0.2) is 42.5 Å². The number of para-hydroxylation sites is 1. The maximum absolute atomic E-state index is 2.40. The Morgan fingerprint density at radius 3 is 2.39 bits per heavy atom. The molecule has 2 aromatic carbocycles. The number of benzene rings is 2. The molecule has 0 radical (unpaired) electrons. The van der Waals surface area contributed by atoms with E-state index in [0.717, 1.165) is 6.54 Å². The highest BCUT2D eigenvalue weighted by Gasteiger charge is 2.10. The summed E-state index contributed by atoms with van der Waals surface area (Å²) >= 11 is 0. The van der Waals surface area contributed by atoms with Gasteiger partial charge in [0.15, 0.2) is 0 Å². The van der Waals surface area contributed by atoms with E-state index in [1.54, 1.807) is 0 Å². The maximum Gasteiger partial charge on any atom is 0.0491 e. The van der Waals surface area contributed by atoms with E-state index in [0.29, 0.717) is 5.92 Å². The van der Waals surface area contributed by atoms with E-state index in [-0.39, 0.29) is 0 Å². The highest BCUT2D eigenvalue weighted by atomic mass is 15.0. The zero-order valence-electron chi connectivity index (χ0n) is 11.3. The lowest BCUT2D eigenvalue weighted by Crippen LogP contribution is -1.93. The van der Waals surface area contributed by atoms with Gasteiger partial charge in [-0.2, -0.15) is 0 Å². The molecule has 0 saturated heterocycles. The van der Waals surface area contributed by atoms with Crippen molar-refractivity contribution in [2.45, 2.75) is 33.2 Å². The van der Waals surface area contributed by atoms with Gasteiger partial charge in [-0.25, -0.2) is 0 Å². The van der Waals surface area contributed by atoms with E-state index in [1.807, 2.05) is 0 Å². The van der Waals surface area contributed by atoms with Gasteiger partial charge in [-0.1, -0.05) is 38.1 Å². The summed E-state index contributed by atoms with van der Waals surface area (Å²) in [5.41, 5.74) is 4.11. The Morgan fingerprint density at radius 2 is 1.67 bits per heavy atom. The van der Waals surface area contributed by atoms with E-state index >= 15 is 0 Å². The van der Waals surface area contributed by atoms with E-state index in [9.17, 15) is 0 Å². The van der Waals surface area contributed by atoms with Crippen LogP contribution in [-0.2, 0) is 6.54 Å². The van der Waals surface area contributed by atoms with Crippen molar-refractivity contribution in [2.75, 3.05) is 0 Å². The van der Waals surface area contributed by atoms with E-state index < -0.39 is 0 Å². The van der Waals surface area contributed by atoms with Gasteiger partial charge in [0.25, 0.3) is 0 Å². The Hall–Kier alpha value is -1.76. The summed E-state index contributed by atoms with van der Waals surface area (Å²) in [6.07, 6.45) is 0. The van der Waals surface area contributed by atoms with Gasteiger partial charge in [0.05, 0.1) is 0 Å². The lowest BCUT2D eigenvalue weighted by atomic mass is 10.0. The molecule has 3 aromatic rings. The Balaban J connectivity index is 2.45. The first-order valence-electron chi connectivity index (χ1n) is 6.73. The molecule has 0 amide bonds. The molecule has 0 saturated carbocycles. The maximum atomic E-state index is 2.40. The van der Waals surface area contributed by atoms with Crippen molar-refractivity contribution in [2.24, 2.45) is 0 Å². The Labute approximate surface area is 108 Å². The molecule has 0 spiro atoms. The molecular formula is C17H19N. The number of fused-ring (bicyclic) bond motifs is 3. The fraction of sp³-hybridized carbons (Fsp3) is 0.294. The van der Waals surface area contributed by atoms with Gasteiger partial charge in [0.1, 0.15) is 0 Å². The van der Waals surface area contributed by atoms with E-state index in [4.69, 9.17) is 0 Å². The smallest absolute Gasteiger partial charge is 0.0491 e. The van der Waals surface area contributed by atoms with Crippen LogP contribution in [0.25, 0.3) is 21.8 Å². The predicted molar refractivity (Wildman–Crippen MR) is 79.2 cm³/mol. The monoisotopic (exact) mass is 237 g/mol. The average molecular weight is 237 g/mol. The topological polar surface area (TPSA) is 4.93 Å². The molecule has 0 aliphatic heterocycles. The van der Waals surface area contributed by atoms with Crippen molar-refractivity contribution in [1.82, 2.24) is 4.57 Å². The van der Waals surface area contributed by atoms with Crippen LogP contribution in [0.2, 0.25) is 0 Å². The van der Waals surface area contributed by atoms with Gasteiger partial charge >= 0.3 is 0 Å². The van der Waals surface area contributed by atoms with Gasteiger partial charge in [-0.05, 0) is 36.6 Å². The highest BCUT2D eigenvalue weighted by Crippen LogP contribution is 2.31. The third kappa shape index (κ3) is 1.54. The molecule has 1 heterocycles. The summed E-state index contributed by atoms with van der Waals surface area (Å²) < 4.78 is 2.40. The summed E-state index contributed by atoms with van der Waals surface area (Å²) in [6.45, 7) is 7.73. The predicted octanol–water partition coefficient (Wildman–Crippen LogP) is 4.94. The largest absolute Gasteiger partial charge is 0.341 e. The first-order chi connectivity index (χ1) is 8.72. The van der Waals surface area contributed by atoms with Crippen molar-refractivity contribution in [3.63, 3.8) is 0 Å². The number of hydrogen-bond donors (Lipinski definition) is 0. The molecule has 3 rings (SSSR count). The van der Waals surface area contributed by atoms with Gasteiger partial charge in [-0.15, -0.1) is 0 Å². The van der Waals surface area contributed by atoms with Gasteiger partial charge < -0.3 is 4.57 Å².